The summed E-state index contributed by atoms with van der Waals surface area (Å²) in [6.07, 6.45) is 0. The third kappa shape index (κ3) is 4.44. The topological polar surface area (TPSA) is 9.23 Å². The summed E-state index contributed by atoms with van der Waals surface area (Å²) >= 11 is 15.8. The van der Waals surface area contributed by atoms with Gasteiger partial charge in [-0.05, 0) is 39.9 Å². The zero-order chi connectivity index (χ0) is 9.03. The van der Waals surface area contributed by atoms with Crippen molar-refractivity contribution < 1.29 is 4.52 Å². The number of halogens is 2. The molecule has 0 unspecified atom stereocenters. The summed E-state index contributed by atoms with van der Waals surface area (Å²) in [5.74, 6) is 0. The molecule has 0 heterocycles. The lowest BCUT2D eigenvalue weighted by Crippen LogP contribution is -1.84. The van der Waals surface area contributed by atoms with Gasteiger partial charge in [-0.15, -0.1) is 0 Å². The maximum Gasteiger partial charge on any atom is 0.240 e. The standard InChI is InChI=1S/C7H7Cl2OPS/c8-11(9,12)10-6-7-4-2-1-3-5-7/h1-5H,6H2. The van der Waals surface area contributed by atoms with E-state index in [1.807, 2.05) is 30.3 Å². The zero-order valence-corrected chi connectivity index (χ0v) is 9.34. The molecule has 0 radical (unpaired) electrons. The second-order valence-electron chi connectivity index (χ2n) is 2.17. The zero-order valence-electron chi connectivity index (χ0n) is 6.11. The SMILES string of the molecule is S=P(Cl)(Cl)OCc1ccccc1. The average Bonchev–Trinajstić information content (AvgIpc) is 2.02. The first-order valence-electron chi connectivity index (χ1n) is 3.26. The number of hydrogen-bond donors (Lipinski definition) is 0. The van der Waals surface area contributed by atoms with Crippen molar-refractivity contribution in [3.8, 4) is 0 Å². The van der Waals surface area contributed by atoms with E-state index in [0.717, 1.165) is 5.56 Å². The molecule has 0 spiro atoms. The van der Waals surface area contributed by atoms with Gasteiger partial charge in [0.05, 0.1) is 6.61 Å². The van der Waals surface area contributed by atoms with E-state index in [2.05, 4.69) is 0 Å². The highest BCUT2D eigenvalue weighted by Crippen LogP contribution is 2.58. The van der Waals surface area contributed by atoms with Crippen LogP contribution in [0.15, 0.2) is 30.3 Å². The van der Waals surface area contributed by atoms with Crippen LogP contribution in [0.4, 0.5) is 0 Å². The van der Waals surface area contributed by atoms with Crippen LogP contribution < -0.4 is 0 Å². The fraction of sp³-hybridized carbons (Fsp3) is 0.143. The Morgan fingerprint density at radius 2 is 1.83 bits per heavy atom. The lowest BCUT2D eigenvalue weighted by atomic mass is 10.2. The van der Waals surface area contributed by atoms with Gasteiger partial charge in [0.25, 0.3) is 0 Å². The minimum atomic E-state index is -2.55. The first-order chi connectivity index (χ1) is 5.58. The predicted molar refractivity (Wildman–Crippen MR) is 57.2 cm³/mol. The van der Waals surface area contributed by atoms with Crippen LogP contribution in [0.2, 0.25) is 0 Å². The fourth-order valence-corrected chi connectivity index (χ4v) is 1.47. The van der Waals surface area contributed by atoms with E-state index in [-0.39, 0.29) is 0 Å². The molecule has 0 aliphatic carbocycles. The van der Waals surface area contributed by atoms with Crippen molar-refractivity contribution in [1.29, 1.82) is 0 Å². The first-order valence-corrected chi connectivity index (χ1v) is 7.79. The lowest BCUT2D eigenvalue weighted by molar-refractivity contribution is 0.354. The number of hydrogen-bond acceptors (Lipinski definition) is 2. The Morgan fingerprint density at radius 1 is 1.25 bits per heavy atom. The van der Waals surface area contributed by atoms with Gasteiger partial charge < -0.3 is 4.52 Å². The molecule has 0 aliphatic heterocycles. The van der Waals surface area contributed by atoms with E-state index < -0.39 is 4.97 Å². The minimum Gasteiger partial charge on any atom is -0.322 e. The van der Waals surface area contributed by atoms with Gasteiger partial charge in [0.2, 0.25) is 4.97 Å². The van der Waals surface area contributed by atoms with Crippen molar-refractivity contribution in [2.24, 2.45) is 0 Å². The second-order valence-corrected chi connectivity index (χ2v) is 9.38. The normalized spacial score (nSPS) is 11.5. The highest BCUT2D eigenvalue weighted by molar-refractivity contribution is 8.36. The fourth-order valence-electron chi connectivity index (χ4n) is 0.724. The molecule has 66 valence electrons. The summed E-state index contributed by atoms with van der Waals surface area (Å²) in [5, 5.41) is 0. The summed E-state index contributed by atoms with van der Waals surface area (Å²) in [6, 6.07) is 9.63. The van der Waals surface area contributed by atoms with Crippen molar-refractivity contribution in [3.05, 3.63) is 35.9 Å². The minimum absolute atomic E-state index is 0.380. The van der Waals surface area contributed by atoms with Crippen LogP contribution in [-0.2, 0) is 22.9 Å². The Bertz CT molecular complexity index is 285. The molecule has 1 aromatic carbocycles. The molecule has 0 fully saturated rings. The predicted octanol–water partition coefficient (Wildman–Crippen LogP) is 3.91. The molecule has 0 atom stereocenters. The Kier molecular flexibility index (Phi) is 4.01. The van der Waals surface area contributed by atoms with Crippen LogP contribution in [0.5, 0.6) is 0 Å². The van der Waals surface area contributed by atoms with Crippen LogP contribution in [0.25, 0.3) is 0 Å². The number of rotatable bonds is 3. The molecule has 0 bridgehead atoms. The van der Waals surface area contributed by atoms with Crippen molar-refractivity contribution in [2.75, 3.05) is 0 Å². The number of benzene rings is 1. The molecule has 1 nitrogen and oxygen atoms in total. The molecule has 0 saturated carbocycles. The van der Waals surface area contributed by atoms with Crippen LogP contribution in [0, 0.1) is 0 Å². The van der Waals surface area contributed by atoms with Crippen LogP contribution in [0.1, 0.15) is 5.56 Å². The van der Waals surface area contributed by atoms with Crippen LogP contribution >= 0.6 is 27.5 Å². The Labute approximate surface area is 86.3 Å². The highest BCUT2D eigenvalue weighted by atomic mass is 35.9. The molecule has 1 rings (SSSR count). The summed E-state index contributed by atoms with van der Waals surface area (Å²) in [7, 11) is 0. The molecular weight excluding hydrogens is 234 g/mol. The molecule has 12 heavy (non-hydrogen) atoms. The van der Waals surface area contributed by atoms with Gasteiger partial charge in [0.15, 0.2) is 0 Å². The van der Waals surface area contributed by atoms with Crippen molar-refractivity contribution >= 4 is 39.3 Å². The van der Waals surface area contributed by atoms with Crippen molar-refractivity contribution in [1.82, 2.24) is 0 Å². The molecular formula is C7H7Cl2OPS. The van der Waals surface area contributed by atoms with Gasteiger partial charge in [0, 0.05) is 0 Å². The third-order valence-corrected chi connectivity index (χ3v) is 2.56. The summed E-state index contributed by atoms with van der Waals surface area (Å²) in [5.41, 5.74) is 1.02. The molecule has 1 aromatic rings. The Morgan fingerprint density at radius 3 is 2.33 bits per heavy atom. The van der Waals surface area contributed by atoms with E-state index in [4.69, 9.17) is 38.8 Å². The van der Waals surface area contributed by atoms with Crippen LogP contribution in [-0.4, -0.2) is 0 Å². The van der Waals surface area contributed by atoms with E-state index in [9.17, 15) is 0 Å². The Hall–Kier alpha value is 0.410. The molecule has 0 aliphatic rings. The largest absolute Gasteiger partial charge is 0.322 e. The van der Waals surface area contributed by atoms with Gasteiger partial charge in [-0.25, -0.2) is 0 Å². The second kappa shape index (κ2) is 4.59. The molecule has 5 heteroatoms. The molecule has 0 N–H and O–H groups in total. The summed E-state index contributed by atoms with van der Waals surface area (Å²) in [6.45, 7) is 0.380. The first kappa shape index (κ1) is 10.5. The quantitative estimate of drug-likeness (QED) is 0.742. The molecule has 0 amide bonds. The van der Waals surface area contributed by atoms with Gasteiger partial charge in [-0.3, -0.25) is 0 Å². The van der Waals surface area contributed by atoms with Crippen LogP contribution in [0.3, 0.4) is 0 Å². The van der Waals surface area contributed by atoms with Gasteiger partial charge in [-0.2, -0.15) is 0 Å². The summed E-state index contributed by atoms with van der Waals surface area (Å²) < 4.78 is 5.07. The smallest absolute Gasteiger partial charge is 0.240 e. The van der Waals surface area contributed by atoms with Gasteiger partial charge in [0.1, 0.15) is 0 Å². The molecule has 0 aromatic heterocycles. The highest BCUT2D eigenvalue weighted by Gasteiger charge is 2.07. The maximum atomic E-state index is 5.55. The van der Waals surface area contributed by atoms with E-state index >= 15 is 0 Å². The average molecular weight is 241 g/mol. The van der Waals surface area contributed by atoms with E-state index in [1.54, 1.807) is 0 Å². The molecule has 0 saturated heterocycles. The maximum absolute atomic E-state index is 5.55. The van der Waals surface area contributed by atoms with E-state index in [0.29, 0.717) is 6.61 Å². The monoisotopic (exact) mass is 240 g/mol. The van der Waals surface area contributed by atoms with E-state index in [1.165, 1.54) is 0 Å². The van der Waals surface area contributed by atoms with Crippen molar-refractivity contribution in [2.45, 2.75) is 6.61 Å². The Balaban J connectivity index is 2.50. The summed E-state index contributed by atoms with van der Waals surface area (Å²) in [4.78, 5) is -2.55. The van der Waals surface area contributed by atoms with Crippen molar-refractivity contribution in [3.63, 3.8) is 0 Å². The van der Waals surface area contributed by atoms with Gasteiger partial charge in [-0.1, -0.05) is 30.3 Å². The third-order valence-electron chi connectivity index (χ3n) is 1.22. The van der Waals surface area contributed by atoms with Gasteiger partial charge >= 0.3 is 0 Å². The lowest BCUT2D eigenvalue weighted by Gasteiger charge is -2.06.